The van der Waals surface area contributed by atoms with Gasteiger partial charge in [-0.05, 0) is 0 Å². The SMILES string of the molecule is Cl.Cl.Cl.NCCO. The number of nitrogens with two attached hydrogens (primary N) is 1. The molecule has 0 unspecified atom stereocenters. The summed E-state index contributed by atoms with van der Waals surface area (Å²) in [7, 11) is 0. The molecular formula is C2H10Cl3NO. The normalized spacial score (nSPS) is 4.29. The highest BCUT2D eigenvalue weighted by molar-refractivity contribution is 5.86. The quantitative estimate of drug-likeness (QED) is 0.591. The van der Waals surface area contributed by atoms with Gasteiger partial charge >= 0.3 is 0 Å². The summed E-state index contributed by atoms with van der Waals surface area (Å²) in [5, 5.41) is 7.75. The third-order valence-corrected chi connectivity index (χ3v) is 0.129. The summed E-state index contributed by atoms with van der Waals surface area (Å²) in [5.74, 6) is 0. The van der Waals surface area contributed by atoms with Crippen molar-refractivity contribution in [1.82, 2.24) is 0 Å². The number of aliphatic hydroxyl groups excluding tert-OH is 1. The summed E-state index contributed by atoms with van der Waals surface area (Å²) in [6.07, 6.45) is 0. The molecule has 0 aromatic heterocycles. The van der Waals surface area contributed by atoms with Crippen LogP contribution in [0.5, 0.6) is 0 Å². The maximum atomic E-state index is 7.75. The lowest BCUT2D eigenvalue weighted by atomic mass is 10.8. The van der Waals surface area contributed by atoms with Gasteiger partial charge < -0.3 is 10.8 Å². The molecule has 0 aliphatic rings. The molecular weight excluding hydrogens is 160 g/mol. The fraction of sp³-hybridized carbons (Fsp3) is 1.00. The Bertz CT molecular complexity index is 14.9. The van der Waals surface area contributed by atoms with Gasteiger partial charge in [-0.15, -0.1) is 37.2 Å². The van der Waals surface area contributed by atoms with E-state index in [1.807, 2.05) is 0 Å². The largest absolute Gasteiger partial charge is 0.395 e. The third kappa shape index (κ3) is 48.6. The molecule has 0 atom stereocenters. The molecule has 7 heavy (non-hydrogen) atoms. The van der Waals surface area contributed by atoms with Gasteiger partial charge in [0.25, 0.3) is 0 Å². The molecule has 0 bridgehead atoms. The average molecular weight is 170 g/mol. The Morgan fingerprint density at radius 2 is 1.29 bits per heavy atom. The van der Waals surface area contributed by atoms with Crippen molar-refractivity contribution in [1.29, 1.82) is 0 Å². The van der Waals surface area contributed by atoms with Crippen molar-refractivity contribution in [3.05, 3.63) is 0 Å². The Labute approximate surface area is 61.7 Å². The molecule has 0 aromatic carbocycles. The zero-order chi connectivity index (χ0) is 3.41. The van der Waals surface area contributed by atoms with Crippen LogP contribution in [0.3, 0.4) is 0 Å². The summed E-state index contributed by atoms with van der Waals surface area (Å²) < 4.78 is 0. The van der Waals surface area contributed by atoms with Crippen LogP contribution in [0.15, 0.2) is 0 Å². The Kier molecular flexibility index (Phi) is 104. The maximum Gasteiger partial charge on any atom is 0.0553 e. The highest BCUT2D eigenvalue weighted by Crippen LogP contribution is 1.33. The van der Waals surface area contributed by atoms with E-state index >= 15 is 0 Å². The smallest absolute Gasteiger partial charge is 0.0553 e. The van der Waals surface area contributed by atoms with E-state index in [1.165, 1.54) is 0 Å². The maximum absolute atomic E-state index is 7.75. The van der Waals surface area contributed by atoms with Gasteiger partial charge in [-0.1, -0.05) is 0 Å². The van der Waals surface area contributed by atoms with E-state index < -0.39 is 0 Å². The van der Waals surface area contributed by atoms with Crippen molar-refractivity contribution in [3.8, 4) is 0 Å². The fourth-order valence-corrected chi connectivity index (χ4v) is 0. The van der Waals surface area contributed by atoms with Gasteiger partial charge in [0.15, 0.2) is 0 Å². The van der Waals surface area contributed by atoms with E-state index in [9.17, 15) is 0 Å². The van der Waals surface area contributed by atoms with Crippen LogP contribution in [-0.2, 0) is 0 Å². The minimum atomic E-state index is 0. The van der Waals surface area contributed by atoms with Gasteiger partial charge in [-0.2, -0.15) is 0 Å². The van der Waals surface area contributed by atoms with Crippen molar-refractivity contribution in [2.24, 2.45) is 5.73 Å². The predicted octanol–water partition coefficient (Wildman–Crippen LogP) is 0.203. The minimum absolute atomic E-state index is 0. The Morgan fingerprint density at radius 1 is 1.14 bits per heavy atom. The summed E-state index contributed by atoms with van der Waals surface area (Å²) in [6.45, 7) is 0.472. The first-order chi connectivity index (χ1) is 1.91. The molecule has 2 nitrogen and oxygen atoms in total. The summed E-state index contributed by atoms with van der Waals surface area (Å²) in [6, 6.07) is 0. The zero-order valence-electron chi connectivity index (χ0n) is 3.66. The Balaban J connectivity index is -0.0000000150. The number of aliphatic hydroxyl groups is 1. The van der Waals surface area contributed by atoms with Crippen LogP contribution in [-0.4, -0.2) is 18.3 Å². The molecule has 0 saturated carbocycles. The second-order valence-corrected chi connectivity index (χ2v) is 0.512. The molecule has 0 fully saturated rings. The Morgan fingerprint density at radius 3 is 1.29 bits per heavy atom. The van der Waals surface area contributed by atoms with Crippen LogP contribution in [0.4, 0.5) is 0 Å². The number of halogens is 3. The molecule has 3 N–H and O–H groups in total. The van der Waals surface area contributed by atoms with E-state index in [1.54, 1.807) is 0 Å². The van der Waals surface area contributed by atoms with E-state index in [0.717, 1.165) is 0 Å². The molecule has 50 valence electrons. The van der Waals surface area contributed by atoms with Crippen LogP contribution in [0, 0.1) is 0 Å². The van der Waals surface area contributed by atoms with Gasteiger partial charge in [0.2, 0.25) is 0 Å². The summed E-state index contributed by atoms with van der Waals surface area (Å²) in [4.78, 5) is 0. The number of hydrogen-bond acceptors (Lipinski definition) is 2. The highest BCUT2D eigenvalue weighted by Gasteiger charge is 1.56. The first kappa shape index (κ1) is 25.0. The molecule has 5 heteroatoms. The molecule has 0 spiro atoms. The molecule has 0 radical (unpaired) electrons. The second kappa shape index (κ2) is 29.2. The number of rotatable bonds is 1. The molecule has 0 aliphatic carbocycles. The first-order valence-corrected chi connectivity index (χ1v) is 1.22. The third-order valence-electron chi connectivity index (χ3n) is 0.129. The molecule has 0 rings (SSSR count). The minimum Gasteiger partial charge on any atom is -0.395 e. The van der Waals surface area contributed by atoms with Crippen molar-refractivity contribution in [2.75, 3.05) is 13.2 Å². The van der Waals surface area contributed by atoms with E-state index in [2.05, 4.69) is 0 Å². The van der Waals surface area contributed by atoms with Gasteiger partial charge in [0.05, 0.1) is 6.61 Å². The summed E-state index contributed by atoms with van der Waals surface area (Å²) in [5.41, 5.74) is 4.78. The fourth-order valence-electron chi connectivity index (χ4n) is 0. The Hall–Kier alpha value is 0.790. The van der Waals surface area contributed by atoms with Crippen molar-refractivity contribution >= 4 is 37.2 Å². The molecule has 0 aromatic rings. The van der Waals surface area contributed by atoms with E-state index in [4.69, 9.17) is 10.8 Å². The van der Waals surface area contributed by atoms with Crippen molar-refractivity contribution in [2.45, 2.75) is 0 Å². The average Bonchev–Trinajstić information content (AvgIpc) is 1.37. The van der Waals surface area contributed by atoms with Gasteiger partial charge in [-0.3, -0.25) is 0 Å². The van der Waals surface area contributed by atoms with Gasteiger partial charge in [-0.25, -0.2) is 0 Å². The van der Waals surface area contributed by atoms with Crippen LogP contribution in [0.2, 0.25) is 0 Å². The topological polar surface area (TPSA) is 46.2 Å². The zero-order valence-corrected chi connectivity index (χ0v) is 6.11. The van der Waals surface area contributed by atoms with Crippen molar-refractivity contribution < 1.29 is 5.11 Å². The van der Waals surface area contributed by atoms with Crippen molar-refractivity contribution in [3.63, 3.8) is 0 Å². The van der Waals surface area contributed by atoms with Crippen LogP contribution < -0.4 is 5.73 Å². The van der Waals surface area contributed by atoms with Gasteiger partial charge in [0.1, 0.15) is 0 Å². The molecule has 0 amide bonds. The number of hydrogen-bond donors (Lipinski definition) is 2. The standard InChI is InChI=1S/C2H7NO.3ClH/c3-1-2-4;;;/h4H,1-3H2;3*1H. The lowest BCUT2D eigenvalue weighted by Crippen LogP contribution is -2.02. The van der Waals surface area contributed by atoms with Gasteiger partial charge in [0, 0.05) is 6.54 Å². The highest BCUT2D eigenvalue weighted by atomic mass is 35.5. The first-order valence-electron chi connectivity index (χ1n) is 1.22. The summed E-state index contributed by atoms with van der Waals surface area (Å²) >= 11 is 0. The van der Waals surface area contributed by atoms with E-state index in [0.29, 0.717) is 6.54 Å². The van der Waals surface area contributed by atoms with E-state index in [-0.39, 0.29) is 43.8 Å². The van der Waals surface area contributed by atoms with Crippen LogP contribution in [0.25, 0.3) is 0 Å². The van der Waals surface area contributed by atoms with Crippen LogP contribution in [0.1, 0.15) is 0 Å². The monoisotopic (exact) mass is 169 g/mol. The lowest BCUT2D eigenvalue weighted by Gasteiger charge is -1.71. The molecule has 0 aliphatic heterocycles. The molecule has 0 heterocycles. The second-order valence-electron chi connectivity index (χ2n) is 0.512. The molecule has 0 saturated heterocycles. The predicted molar refractivity (Wildman–Crippen MR) is 37.9 cm³/mol. The van der Waals surface area contributed by atoms with Crippen LogP contribution >= 0.6 is 37.2 Å². The lowest BCUT2D eigenvalue weighted by molar-refractivity contribution is 0.306.